The quantitative estimate of drug-likeness (QED) is 0.600. The molecule has 18 heavy (non-hydrogen) atoms. The van der Waals surface area contributed by atoms with Crippen molar-refractivity contribution in [2.45, 2.75) is 66.0 Å². The SMILES string of the molecule is CCCCC(C#N)CP(=O)(Cl)N(C(C)C)C(C)C. The minimum Gasteiger partial charge on any atom is -0.289 e. The molecule has 0 aliphatic heterocycles. The van der Waals surface area contributed by atoms with Gasteiger partial charge in [-0.3, -0.25) is 4.57 Å². The summed E-state index contributed by atoms with van der Waals surface area (Å²) in [7, 11) is 0. The number of nitrogens with zero attached hydrogens (tertiary/aromatic N) is 2. The van der Waals surface area contributed by atoms with Crippen LogP contribution < -0.4 is 0 Å². The van der Waals surface area contributed by atoms with E-state index in [1.165, 1.54) is 0 Å². The number of hydrogen-bond acceptors (Lipinski definition) is 2. The molecule has 0 spiro atoms. The molecule has 0 rings (SSSR count). The zero-order chi connectivity index (χ0) is 14.3. The average Bonchev–Trinajstić information content (AvgIpc) is 2.22. The van der Waals surface area contributed by atoms with E-state index in [1.807, 2.05) is 32.4 Å². The van der Waals surface area contributed by atoms with E-state index in [0.29, 0.717) is 6.16 Å². The van der Waals surface area contributed by atoms with Crippen molar-refractivity contribution in [3.05, 3.63) is 0 Å². The minimum atomic E-state index is -2.94. The van der Waals surface area contributed by atoms with Crippen molar-refractivity contribution in [2.24, 2.45) is 5.92 Å². The van der Waals surface area contributed by atoms with Gasteiger partial charge < -0.3 is 0 Å². The number of nitriles is 1. The first-order valence-electron chi connectivity index (χ1n) is 6.73. The molecule has 0 fully saturated rings. The van der Waals surface area contributed by atoms with Gasteiger partial charge in [-0.05, 0) is 45.4 Å². The lowest BCUT2D eigenvalue weighted by atomic mass is 10.1. The molecule has 0 aliphatic carbocycles. The van der Waals surface area contributed by atoms with E-state index in [-0.39, 0.29) is 18.0 Å². The van der Waals surface area contributed by atoms with Gasteiger partial charge in [-0.1, -0.05) is 19.8 Å². The molecular formula is C13H26ClN2OP. The van der Waals surface area contributed by atoms with E-state index in [0.717, 1.165) is 19.3 Å². The fraction of sp³-hybridized carbons (Fsp3) is 0.923. The van der Waals surface area contributed by atoms with Crippen molar-refractivity contribution in [1.82, 2.24) is 4.67 Å². The van der Waals surface area contributed by atoms with E-state index in [4.69, 9.17) is 16.5 Å². The molecule has 0 N–H and O–H groups in total. The lowest BCUT2D eigenvalue weighted by Gasteiger charge is -2.34. The third-order valence-electron chi connectivity index (χ3n) is 2.94. The molecule has 0 aliphatic rings. The second-order valence-electron chi connectivity index (χ2n) is 5.33. The van der Waals surface area contributed by atoms with Crippen molar-refractivity contribution >= 4 is 17.9 Å². The fourth-order valence-corrected chi connectivity index (χ4v) is 6.22. The highest BCUT2D eigenvalue weighted by atomic mass is 35.7. The number of rotatable bonds is 8. The normalized spacial score (nSPS) is 16.9. The summed E-state index contributed by atoms with van der Waals surface area (Å²) in [5.74, 6) is -0.201. The van der Waals surface area contributed by atoms with Crippen LogP contribution >= 0.6 is 17.9 Å². The van der Waals surface area contributed by atoms with E-state index in [2.05, 4.69) is 13.0 Å². The van der Waals surface area contributed by atoms with E-state index in [1.54, 1.807) is 0 Å². The molecule has 0 saturated carbocycles. The second kappa shape index (κ2) is 8.20. The zero-order valence-electron chi connectivity index (χ0n) is 12.2. The number of halogens is 1. The van der Waals surface area contributed by atoms with Gasteiger partial charge in [0, 0.05) is 18.2 Å². The molecule has 0 amide bonds. The van der Waals surface area contributed by atoms with Crippen molar-refractivity contribution in [1.29, 1.82) is 5.26 Å². The lowest BCUT2D eigenvalue weighted by molar-refractivity contribution is 0.304. The van der Waals surface area contributed by atoms with Crippen LogP contribution in [0.25, 0.3) is 0 Å². The van der Waals surface area contributed by atoms with Gasteiger partial charge in [0.1, 0.15) is 0 Å². The molecule has 0 heterocycles. The summed E-state index contributed by atoms with van der Waals surface area (Å²) in [6, 6.07) is 2.49. The third kappa shape index (κ3) is 5.74. The van der Waals surface area contributed by atoms with Crippen LogP contribution in [-0.2, 0) is 4.57 Å². The molecule has 0 bridgehead atoms. The van der Waals surface area contributed by atoms with Crippen molar-refractivity contribution in [3.8, 4) is 6.07 Å². The Morgan fingerprint density at radius 2 is 1.78 bits per heavy atom. The van der Waals surface area contributed by atoms with Crippen LogP contribution in [-0.4, -0.2) is 22.9 Å². The molecule has 0 aromatic heterocycles. The Kier molecular flexibility index (Phi) is 8.19. The smallest absolute Gasteiger partial charge is 0.236 e. The predicted molar refractivity (Wildman–Crippen MR) is 79.1 cm³/mol. The van der Waals surface area contributed by atoms with E-state index < -0.39 is 6.65 Å². The highest BCUT2D eigenvalue weighted by molar-refractivity contribution is 7.87. The first-order valence-corrected chi connectivity index (χ1v) is 9.48. The molecular weight excluding hydrogens is 267 g/mol. The molecule has 0 saturated heterocycles. The molecule has 5 heteroatoms. The van der Waals surface area contributed by atoms with Gasteiger partial charge in [0.05, 0.1) is 12.0 Å². The lowest BCUT2D eigenvalue weighted by Crippen LogP contribution is -2.34. The zero-order valence-corrected chi connectivity index (χ0v) is 13.8. The Hall–Kier alpha value is -0.0300. The Bertz CT molecular complexity index is 317. The summed E-state index contributed by atoms with van der Waals surface area (Å²) in [5.41, 5.74) is 0. The molecule has 2 atom stereocenters. The van der Waals surface area contributed by atoms with Crippen LogP contribution in [0.2, 0.25) is 0 Å². The Balaban J connectivity index is 4.79. The fourth-order valence-electron chi connectivity index (χ4n) is 2.30. The second-order valence-corrected chi connectivity index (χ2v) is 8.98. The number of hydrogen-bond donors (Lipinski definition) is 0. The summed E-state index contributed by atoms with van der Waals surface area (Å²) in [4.78, 5) is 0. The van der Waals surface area contributed by atoms with Crippen LogP contribution in [0.1, 0.15) is 53.9 Å². The molecule has 0 aromatic carbocycles. The van der Waals surface area contributed by atoms with Crippen LogP contribution in [0.15, 0.2) is 0 Å². The molecule has 106 valence electrons. The summed E-state index contributed by atoms with van der Waals surface area (Å²) in [5, 5.41) is 9.13. The Morgan fingerprint density at radius 3 is 2.11 bits per heavy atom. The monoisotopic (exact) mass is 292 g/mol. The predicted octanol–water partition coefficient (Wildman–Crippen LogP) is 4.87. The highest BCUT2D eigenvalue weighted by Gasteiger charge is 2.34. The van der Waals surface area contributed by atoms with Gasteiger partial charge >= 0.3 is 0 Å². The average molecular weight is 293 g/mol. The van der Waals surface area contributed by atoms with Crippen LogP contribution in [0, 0.1) is 17.2 Å². The van der Waals surface area contributed by atoms with Gasteiger partial charge in [0.15, 0.2) is 0 Å². The van der Waals surface area contributed by atoms with E-state index >= 15 is 0 Å². The standard InChI is InChI=1S/C13H26ClN2OP/c1-6-7-8-13(9-15)10-18(14,17)16(11(2)3)12(4)5/h11-13H,6-8,10H2,1-5H3. The largest absolute Gasteiger partial charge is 0.289 e. The maximum Gasteiger partial charge on any atom is 0.236 e. The molecule has 0 radical (unpaired) electrons. The van der Waals surface area contributed by atoms with Crippen molar-refractivity contribution in [3.63, 3.8) is 0 Å². The Labute approximate surface area is 117 Å². The summed E-state index contributed by atoms with van der Waals surface area (Å²) in [6.07, 6.45) is 3.11. The number of unbranched alkanes of at least 4 members (excludes halogenated alkanes) is 1. The van der Waals surface area contributed by atoms with Crippen LogP contribution in [0.4, 0.5) is 0 Å². The molecule has 0 aromatic rings. The Morgan fingerprint density at radius 1 is 1.28 bits per heavy atom. The van der Waals surface area contributed by atoms with Crippen LogP contribution in [0.5, 0.6) is 0 Å². The summed E-state index contributed by atoms with van der Waals surface area (Å²) < 4.78 is 14.5. The van der Waals surface area contributed by atoms with Crippen molar-refractivity contribution < 1.29 is 4.57 Å². The minimum absolute atomic E-state index is 0.124. The first kappa shape index (κ1) is 18.0. The van der Waals surface area contributed by atoms with E-state index in [9.17, 15) is 4.57 Å². The molecule has 2 unspecified atom stereocenters. The van der Waals surface area contributed by atoms with Crippen molar-refractivity contribution in [2.75, 3.05) is 6.16 Å². The maximum absolute atomic E-state index is 12.7. The first-order chi connectivity index (χ1) is 8.26. The molecule has 3 nitrogen and oxygen atoms in total. The van der Waals surface area contributed by atoms with Gasteiger partial charge in [-0.25, -0.2) is 4.67 Å². The summed E-state index contributed by atoms with van der Waals surface area (Å²) in [6.45, 7) is 7.10. The van der Waals surface area contributed by atoms with Crippen LogP contribution in [0.3, 0.4) is 0 Å². The summed E-state index contributed by atoms with van der Waals surface area (Å²) >= 11 is 6.28. The van der Waals surface area contributed by atoms with Gasteiger partial charge in [-0.2, -0.15) is 5.26 Å². The third-order valence-corrected chi connectivity index (χ3v) is 6.38. The van der Waals surface area contributed by atoms with Gasteiger partial charge in [-0.15, -0.1) is 0 Å². The van der Waals surface area contributed by atoms with Gasteiger partial charge in [0.2, 0.25) is 6.65 Å². The van der Waals surface area contributed by atoms with Gasteiger partial charge in [0.25, 0.3) is 0 Å². The topological polar surface area (TPSA) is 44.1 Å². The highest BCUT2D eigenvalue weighted by Crippen LogP contribution is 2.58. The maximum atomic E-state index is 12.7.